The molecule has 0 saturated heterocycles. The van der Waals surface area contributed by atoms with Gasteiger partial charge in [0.25, 0.3) is 0 Å². The van der Waals surface area contributed by atoms with Crippen LogP contribution in [0.2, 0.25) is 5.02 Å². The first-order valence-electron chi connectivity index (χ1n) is 5.49. The molecule has 19 heavy (non-hydrogen) atoms. The van der Waals surface area contributed by atoms with Crippen molar-refractivity contribution in [1.82, 2.24) is 4.90 Å². The number of aliphatic carboxylic acids is 1. The number of rotatable bonds is 5. The van der Waals surface area contributed by atoms with Crippen LogP contribution in [0.3, 0.4) is 0 Å². The molecule has 5 nitrogen and oxygen atoms in total. The average Bonchev–Trinajstić information content (AvgIpc) is 2.31. The predicted molar refractivity (Wildman–Crippen MR) is 77.5 cm³/mol. The number of nitrogens with one attached hydrogen (secondary N) is 1. The third-order valence-corrected chi connectivity index (χ3v) is 3.42. The van der Waals surface area contributed by atoms with Gasteiger partial charge in [-0.2, -0.15) is 0 Å². The minimum absolute atomic E-state index is 0.0279. The number of carboxylic acid groups (broad SMARTS) is 1. The lowest BCUT2D eigenvalue weighted by molar-refractivity contribution is -0.142. The lowest BCUT2D eigenvalue weighted by Crippen LogP contribution is -2.40. The van der Waals surface area contributed by atoms with Crippen LogP contribution in [0.15, 0.2) is 22.7 Å². The van der Waals surface area contributed by atoms with Crippen molar-refractivity contribution in [1.29, 1.82) is 0 Å². The fourth-order valence-electron chi connectivity index (χ4n) is 1.33. The monoisotopic (exact) mass is 348 g/mol. The first-order valence-corrected chi connectivity index (χ1v) is 6.66. The van der Waals surface area contributed by atoms with E-state index in [4.69, 9.17) is 16.7 Å². The van der Waals surface area contributed by atoms with Gasteiger partial charge in [-0.15, -0.1) is 0 Å². The summed E-state index contributed by atoms with van der Waals surface area (Å²) in [4.78, 5) is 24.0. The smallest absolute Gasteiger partial charge is 0.320 e. The topological polar surface area (TPSA) is 69.6 Å². The van der Waals surface area contributed by atoms with Crippen LogP contribution in [0.4, 0.5) is 5.69 Å². The minimum atomic E-state index is -0.975. The molecule has 0 aromatic heterocycles. The fourth-order valence-corrected chi connectivity index (χ4v) is 2.05. The van der Waals surface area contributed by atoms with Crippen molar-refractivity contribution >= 4 is 45.1 Å². The van der Waals surface area contributed by atoms with Crippen LogP contribution in [0.1, 0.15) is 6.92 Å². The summed E-state index contributed by atoms with van der Waals surface area (Å²) in [6, 6.07) is 4.36. The maximum Gasteiger partial charge on any atom is 0.320 e. The second-order valence-electron chi connectivity index (χ2n) is 4.10. The number of halogens is 2. The van der Waals surface area contributed by atoms with Crippen molar-refractivity contribution in [2.24, 2.45) is 0 Å². The number of hydrogen-bond donors (Lipinski definition) is 2. The van der Waals surface area contributed by atoms with Gasteiger partial charge in [0.1, 0.15) is 6.04 Å². The molecule has 0 bridgehead atoms. The van der Waals surface area contributed by atoms with Crippen molar-refractivity contribution in [3.63, 3.8) is 0 Å². The lowest BCUT2D eigenvalue weighted by Gasteiger charge is -2.20. The average molecular weight is 350 g/mol. The normalized spacial score (nSPS) is 12.3. The van der Waals surface area contributed by atoms with E-state index in [1.165, 1.54) is 11.8 Å². The summed E-state index contributed by atoms with van der Waals surface area (Å²) in [5.41, 5.74) is 0.492. The maximum atomic E-state index is 11.8. The number of anilines is 1. The van der Waals surface area contributed by atoms with Gasteiger partial charge in [0, 0.05) is 4.47 Å². The number of hydrogen-bond acceptors (Lipinski definition) is 3. The largest absolute Gasteiger partial charge is 0.480 e. The molecule has 1 aromatic rings. The Balaban J connectivity index is 2.63. The van der Waals surface area contributed by atoms with Crippen molar-refractivity contribution in [2.45, 2.75) is 13.0 Å². The number of carboxylic acids is 1. The molecule has 0 aliphatic heterocycles. The summed E-state index contributed by atoms with van der Waals surface area (Å²) < 4.78 is 0.812. The highest BCUT2D eigenvalue weighted by atomic mass is 79.9. The molecule has 0 aliphatic carbocycles. The number of amides is 1. The van der Waals surface area contributed by atoms with Crippen molar-refractivity contribution < 1.29 is 14.7 Å². The summed E-state index contributed by atoms with van der Waals surface area (Å²) in [6.07, 6.45) is 0. The first kappa shape index (κ1) is 15.9. The molecule has 1 aromatic carbocycles. The van der Waals surface area contributed by atoms with Gasteiger partial charge >= 0.3 is 5.97 Å². The number of nitrogens with zero attached hydrogens (tertiary/aromatic N) is 1. The number of carbonyl (C=O) groups excluding carboxylic acids is 1. The molecular weight excluding hydrogens is 336 g/mol. The molecule has 0 heterocycles. The lowest BCUT2D eigenvalue weighted by atomic mass is 10.3. The molecule has 1 rings (SSSR count). The van der Waals surface area contributed by atoms with Gasteiger partial charge < -0.3 is 10.4 Å². The van der Waals surface area contributed by atoms with Gasteiger partial charge in [0.2, 0.25) is 5.91 Å². The molecule has 1 unspecified atom stereocenters. The van der Waals surface area contributed by atoms with Crippen LogP contribution in [0, 0.1) is 0 Å². The van der Waals surface area contributed by atoms with E-state index in [-0.39, 0.29) is 12.5 Å². The Kier molecular flexibility index (Phi) is 5.78. The van der Waals surface area contributed by atoms with Crippen LogP contribution in [-0.2, 0) is 9.59 Å². The van der Waals surface area contributed by atoms with E-state index in [9.17, 15) is 9.59 Å². The van der Waals surface area contributed by atoms with Crippen LogP contribution in [0.25, 0.3) is 0 Å². The van der Waals surface area contributed by atoms with E-state index in [1.807, 2.05) is 0 Å². The van der Waals surface area contributed by atoms with Gasteiger partial charge in [0.05, 0.1) is 17.3 Å². The van der Waals surface area contributed by atoms with Gasteiger partial charge in [-0.05, 0) is 32.2 Å². The van der Waals surface area contributed by atoms with Crippen LogP contribution in [0.5, 0.6) is 0 Å². The zero-order valence-corrected chi connectivity index (χ0v) is 12.8. The van der Waals surface area contributed by atoms with E-state index in [2.05, 4.69) is 21.2 Å². The Hall–Kier alpha value is -1.11. The van der Waals surface area contributed by atoms with E-state index in [1.54, 1.807) is 25.2 Å². The highest BCUT2D eigenvalue weighted by molar-refractivity contribution is 9.10. The Morgan fingerprint density at radius 3 is 2.68 bits per heavy atom. The van der Waals surface area contributed by atoms with E-state index in [0.717, 1.165) is 4.47 Å². The molecule has 0 spiro atoms. The molecule has 1 atom stereocenters. The summed E-state index contributed by atoms with van der Waals surface area (Å²) in [6.45, 7) is 1.49. The highest BCUT2D eigenvalue weighted by Gasteiger charge is 2.19. The zero-order chi connectivity index (χ0) is 14.6. The van der Waals surface area contributed by atoms with Gasteiger partial charge in [-0.1, -0.05) is 27.5 Å². The molecule has 0 saturated carbocycles. The third kappa shape index (κ3) is 4.81. The summed E-state index contributed by atoms with van der Waals surface area (Å²) in [5.74, 6) is -1.29. The first-order chi connectivity index (χ1) is 8.81. The maximum absolute atomic E-state index is 11.8. The molecule has 2 N–H and O–H groups in total. The second-order valence-corrected chi connectivity index (χ2v) is 5.42. The van der Waals surface area contributed by atoms with Crippen LogP contribution >= 0.6 is 27.5 Å². The van der Waals surface area contributed by atoms with Crippen LogP contribution in [-0.4, -0.2) is 41.5 Å². The highest BCUT2D eigenvalue weighted by Crippen LogP contribution is 2.25. The summed E-state index contributed by atoms with van der Waals surface area (Å²) in [5, 5.41) is 11.9. The van der Waals surface area contributed by atoms with Crippen molar-refractivity contribution in [3.05, 3.63) is 27.7 Å². The summed E-state index contributed by atoms with van der Waals surface area (Å²) >= 11 is 9.24. The van der Waals surface area contributed by atoms with Gasteiger partial charge in [-0.25, -0.2) is 0 Å². The number of likely N-dealkylation sites (N-methyl/N-ethyl adjacent to an activating group) is 1. The second kappa shape index (κ2) is 6.88. The Morgan fingerprint density at radius 2 is 2.16 bits per heavy atom. The fraction of sp³-hybridized carbons (Fsp3) is 0.333. The van der Waals surface area contributed by atoms with Gasteiger partial charge in [0.15, 0.2) is 0 Å². The molecule has 0 radical (unpaired) electrons. The van der Waals surface area contributed by atoms with E-state index in [0.29, 0.717) is 10.7 Å². The molecule has 1 amide bonds. The van der Waals surface area contributed by atoms with Crippen LogP contribution < -0.4 is 5.32 Å². The van der Waals surface area contributed by atoms with Gasteiger partial charge in [-0.3, -0.25) is 14.5 Å². The molecule has 0 aliphatic rings. The standard InChI is InChI=1S/C12H14BrClN2O3/c1-7(12(18)19)16(2)6-11(17)15-10-4-3-8(13)5-9(10)14/h3-5,7H,6H2,1-2H3,(H,15,17)(H,18,19). The third-order valence-electron chi connectivity index (χ3n) is 2.62. The Labute approximate surface area is 124 Å². The van der Waals surface area contributed by atoms with E-state index >= 15 is 0 Å². The molecule has 7 heteroatoms. The van der Waals surface area contributed by atoms with E-state index < -0.39 is 12.0 Å². The van der Waals surface area contributed by atoms with Crippen molar-refractivity contribution in [3.8, 4) is 0 Å². The Bertz CT molecular complexity index is 496. The Morgan fingerprint density at radius 1 is 1.53 bits per heavy atom. The number of carbonyl (C=O) groups is 2. The molecule has 104 valence electrons. The number of benzene rings is 1. The summed E-state index contributed by atoms with van der Waals surface area (Å²) in [7, 11) is 1.57. The quantitative estimate of drug-likeness (QED) is 0.856. The predicted octanol–water partition coefficient (Wildman–Crippen LogP) is 2.45. The zero-order valence-electron chi connectivity index (χ0n) is 10.5. The molecular formula is C12H14BrClN2O3. The minimum Gasteiger partial charge on any atom is -0.480 e. The van der Waals surface area contributed by atoms with Crippen molar-refractivity contribution in [2.75, 3.05) is 18.9 Å². The SMILES string of the molecule is CC(C(=O)O)N(C)CC(=O)Nc1ccc(Br)cc1Cl. The molecule has 0 fully saturated rings.